The third kappa shape index (κ3) is 3.73. The maximum absolute atomic E-state index is 5.62. The molecule has 0 aliphatic rings. The normalized spacial score (nSPS) is 8.45. The molecule has 0 amide bonds. The van der Waals surface area contributed by atoms with Gasteiger partial charge in [-0.05, 0) is 34.5 Å². The van der Waals surface area contributed by atoms with E-state index in [1.165, 1.54) is 0 Å². The van der Waals surface area contributed by atoms with E-state index in [9.17, 15) is 0 Å². The first-order chi connectivity index (χ1) is 5.20. The molecular weight excluding hydrogens is 225 g/mol. The molecule has 62 valence electrons. The predicted octanol–water partition coefficient (Wildman–Crippen LogP) is 3.83. The second-order valence-electron chi connectivity index (χ2n) is 1.79. The molecule has 0 radical (unpaired) electrons. The van der Waals surface area contributed by atoms with E-state index in [1.807, 2.05) is 26.8 Å². The van der Waals surface area contributed by atoms with E-state index in [0.29, 0.717) is 5.15 Å². The highest BCUT2D eigenvalue weighted by Gasteiger charge is 1.94. The van der Waals surface area contributed by atoms with Gasteiger partial charge in [-0.15, -0.1) is 0 Å². The van der Waals surface area contributed by atoms with E-state index in [-0.39, 0.29) is 0 Å². The van der Waals surface area contributed by atoms with Crippen molar-refractivity contribution in [2.24, 2.45) is 0 Å². The molecule has 0 saturated carbocycles. The Morgan fingerprint density at radius 3 is 2.36 bits per heavy atom. The van der Waals surface area contributed by atoms with E-state index < -0.39 is 0 Å². The lowest BCUT2D eigenvalue weighted by molar-refractivity contribution is 1.25. The van der Waals surface area contributed by atoms with Gasteiger partial charge in [0.1, 0.15) is 5.15 Å². The molecule has 0 N–H and O–H groups in total. The summed E-state index contributed by atoms with van der Waals surface area (Å²) in [5.74, 6) is 0. The number of aromatic nitrogens is 1. The standard InChI is InChI=1S/C6H5BrClN.C2H6/c1-4-2-5(7)6(8)9-3-4;1-2/h2-3H,1H3;1-2H3. The molecule has 0 unspecified atom stereocenters. The number of aryl methyl sites for hydroxylation is 1. The number of hydrogen-bond acceptors (Lipinski definition) is 1. The van der Waals surface area contributed by atoms with Gasteiger partial charge >= 0.3 is 0 Å². The average Bonchev–Trinajstić information content (AvgIpc) is 2.02. The molecule has 1 rings (SSSR count). The van der Waals surface area contributed by atoms with Crippen LogP contribution in [0.4, 0.5) is 0 Å². The summed E-state index contributed by atoms with van der Waals surface area (Å²) in [6.45, 7) is 5.97. The largest absolute Gasteiger partial charge is 0.243 e. The molecule has 0 aliphatic carbocycles. The first-order valence-corrected chi connectivity index (χ1v) is 4.65. The molecule has 0 atom stereocenters. The molecule has 3 heteroatoms. The molecule has 0 bridgehead atoms. The van der Waals surface area contributed by atoms with Crippen LogP contribution in [0.15, 0.2) is 16.7 Å². The van der Waals surface area contributed by atoms with Gasteiger partial charge in [0.25, 0.3) is 0 Å². The van der Waals surface area contributed by atoms with Gasteiger partial charge in [-0.1, -0.05) is 25.4 Å². The number of nitrogens with zero attached hydrogens (tertiary/aromatic N) is 1. The van der Waals surface area contributed by atoms with Gasteiger partial charge in [0.2, 0.25) is 0 Å². The van der Waals surface area contributed by atoms with Crippen molar-refractivity contribution in [3.8, 4) is 0 Å². The highest BCUT2D eigenvalue weighted by atomic mass is 79.9. The number of halogens is 2. The van der Waals surface area contributed by atoms with Crippen LogP contribution in [0.3, 0.4) is 0 Å². The fourth-order valence-electron chi connectivity index (χ4n) is 0.517. The summed E-state index contributed by atoms with van der Waals surface area (Å²) in [4.78, 5) is 3.90. The first kappa shape index (κ1) is 10.9. The highest BCUT2D eigenvalue weighted by Crippen LogP contribution is 2.19. The third-order valence-electron chi connectivity index (χ3n) is 0.933. The minimum atomic E-state index is 0.514. The number of rotatable bonds is 0. The van der Waals surface area contributed by atoms with Crippen molar-refractivity contribution in [3.63, 3.8) is 0 Å². The van der Waals surface area contributed by atoms with Crippen LogP contribution in [0.2, 0.25) is 5.15 Å². The topological polar surface area (TPSA) is 12.9 Å². The Labute approximate surface area is 80.9 Å². The van der Waals surface area contributed by atoms with Gasteiger partial charge in [-0.3, -0.25) is 0 Å². The lowest BCUT2D eigenvalue weighted by Crippen LogP contribution is -1.77. The van der Waals surface area contributed by atoms with E-state index >= 15 is 0 Å². The lowest BCUT2D eigenvalue weighted by Gasteiger charge is -1.93. The Hall–Kier alpha value is -0.0800. The monoisotopic (exact) mass is 235 g/mol. The molecule has 11 heavy (non-hydrogen) atoms. The van der Waals surface area contributed by atoms with E-state index in [4.69, 9.17) is 11.6 Å². The summed E-state index contributed by atoms with van der Waals surface area (Å²) in [5, 5.41) is 0.514. The summed E-state index contributed by atoms with van der Waals surface area (Å²) in [6.07, 6.45) is 1.73. The number of hydrogen-bond donors (Lipinski definition) is 0. The third-order valence-corrected chi connectivity index (χ3v) is 2.07. The van der Waals surface area contributed by atoms with Crippen molar-refractivity contribution in [1.29, 1.82) is 0 Å². The zero-order valence-corrected chi connectivity index (χ0v) is 9.20. The van der Waals surface area contributed by atoms with Crippen molar-refractivity contribution in [1.82, 2.24) is 4.98 Å². The Balaban J connectivity index is 0.000000461. The van der Waals surface area contributed by atoms with Crippen LogP contribution in [0.25, 0.3) is 0 Å². The summed E-state index contributed by atoms with van der Waals surface area (Å²) in [6, 6.07) is 1.93. The Morgan fingerprint density at radius 1 is 1.45 bits per heavy atom. The quantitative estimate of drug-likeness (QED) is 0.624. The summed E-state index contributed by atoms with van der Waals surface area (Å²) in [5.41, 5.74) is 1.10. The fourth-order valence-corrected chi connectivity index (χ4v) is 1.08. The molecule has 1 nitrogen and oxygen atoms in total. The average molecular weight is 237 g/mol. The van der Waals surface area contributed by atoms with Gasteiger partial charge < -0.3 is 0 Å². The summed E-state index contributed by atoms with van der Waals surface area (Å²) < 4.78 is 0.851. The zero-order chi connectivity index (χ0) is 8.85. The van der Waals surface area contributed by atoms with Crippen LogP contribution < -0.4 is 0 Å². The van der Waals surface area contributed by atoms with Crippen molar-refractivity contribution in [2.75, 3.05) is 0 Å². The molecule has 0 aliphatic heterocycles. The van der Waals surface area contributed by atoms with Crippen LogP contribution in [0, 0.1) is 6.92 Å². The van der Waals surface area contributed by atoms with Gasteiger partial charge in [0.15, 0.2) is 0 Å². The second-order valence-corrected chi connectivity index (χ2v) is 3.00. The van der Waals surface area contributed by atoms with Crippen molar-refractivity contribution in [2.45, 2.75) is 20.8 Å². The van der Waals surface area contributed by atoms with E-state index in [2.05, 4.69) is 20.9 Å². The maximum Gasteiger partial charge on any atom is 0.143 e. The second kappa shape index (κ2) is 5.56. The fraction of sp³-hybridized carbons (Fsp3) is 0.375. The zero-order valence-electron chi connectivity index (χ0n) is 6.86. The van der Waals surface area contributed by atoms with Crippen LogP contribution in [-0.4, -0.2) is 4.98 Å². The van der Waals surface area contributed by atoms with Gasteiger partial charge in [0, 0.05) is 6.20 Å². The molecule has 1 aromatic heterocycles. The molecule has 0 aromatic carbocycles. The molecule has 1 heterocycles. The van der Waals surface area contributed by atoms with Gasteiger partial charge in [-0.2, -0.15) is 0 Å². The highest BCUT2D eigenvalue weighted by molar-refractivity contribution is 9.10. The van der Waals surface area contributed by atoms with E-state index in [0.717, 1.165) is 10.0 Å². The van der Waals surface area contributed by atoms with Crippen LogP contribution in [0.1, 0.15) is 19.4 Å². The summed E-state index contributed by atoms with van der Waals surface area (Å²) >= 11 is 8.87. The van der Waals surface area contributed by atoms with Crippen molar-refractivity contribution in [3.05, 3.63) is 27.5 Å². The lowest BCUT2D eigenvalue weighted by atomic mass is 10.3. The molecular formula is C8H11BrClN. The Bertz CT molecular complexity index is 225. The first-order valence-electron chi connectivity index (χ1n) is 3.48. The van der Waals surface area contributed by atoms with Crippen LogP contribution in [0.5, 0.6) is 0 Å². The maximum atomic E-state index is 5.62. The van der Waals surface area contributed by atoms with Gasteiger partial charge in [-0.25, -0.2) is 4.98 Å². The Morgan fingerprint density at radius 2 is 2.00 bits per heavy atom. The van der Waals surface area contributed by atoms with Crippen LogP contribution >= 0.6 is 27.5 Å². The van der Waals surface area contributed by atoms with Gasteiger partial charge in [0.05, 0.1) is 4.47 Å². The predicted molar refractivity (Wildman–Crippen MR) is 53.0 cm³/mol. The molecule has 0 spiro atoms. The minimum absolute atomic E-state index is 0.514. The number of pyridine rings is 1. The van der Waals surface area contributed by atoms with E-state index in [1.54, 1.807) is 6.20 Å². The summed E-state index contributed by atoms with van der Waals surface area (Å²) in [7, 11) is 0. The molecule has 1 aromatic rings. The van der Waals surface area contributed by atoms with Crippen LogP contribution in [-0.2, 0) is 0 Å². The minimum Gasteiger partial charge on any atom is -0.243 e. The smallest absolute Gasteiger partial charge is 0.143 e. The molecule has 0 fully saturated rings. The van der Waals surface area contributed by atoms with Crippen molar-refractivity contribution >= 4 is 27.5 Å². The molecule has 0 saturated heterocycles. The Kier molecular flexibility index (Phi) is 5.51. The SMILES string of the molecule is CC.Cc1cnc(Cl)c(Br)c1. The van der Waals surface area contributed by atoms with Crippen molar-refractivity contribution < 1.29 is 0 Å².